The average molecular weight is 343 g/mol. The number of aromatic nitrogens is 2. The Hall–Kier alpha value is -2.05. The van der Waals surface area contributed by atoms with Gasteiger partial charge in [0.15, 0.2) is 0 Å². The lowest BCUT2D eigenvalue weighted by molar-refractivity contribution is 0.0601. The van der Waals surface area contributed by atoms with E-state index in [9.17, 15) is 14.4 Å². The lowest BCUT2D eigenvalue weighted by Gasteiger charge is -2.08. The van der Waals surface area contributed by atoms with Crippen molar-refractivity contribution in [1.82, 2.24) is 9.78 Å². The SMILES string of the molecule is CCn1cc(C(=O)c2ccc(Cl)c(C(=O)OC)c2Cl)c(=O)[nH]1. The van der Waals surface area contributed by atoms with Gasteiger partial charge in [-0.1, -0.05) is 23.2 Å². The summed E-state index contributed by atoms with van der Waals surface area (Å²) in [5, 5.41) is 2.42. The first-order chi connectivity index (χ1) is 10.4. The van der Waals surface area contributed by atoms with E-state index in [4.69, 9.17) is 23.2 Å². The number of carbonyl (C=O) groups excluding carboxylic acids is 2. The third kappa shape index (κ3) is 2.80. The minimum absolute atomic E-state index is 0.00539. The zero-order valence-corrected chi connectivity index (χ0v) is 13.3. The normalized spacial score (nSPS) is 10.5. The number of esters is 1. The number of ether oxygens (including phenoxy) is 1. The maximum atomic E-state index is 12.5. The van der Waals surface area contributed by atoms with Crippen LogP contribution in [0.1, 0.15) is 33.2 Å². The van der Waals surface area contributed by atoms with Gasteiger partial charge in [-0.2, -0.15) is 0 Å². The molecule has 0 saturated heterocycles. The Morgan fingerprint density at radius 1 is 1.27 bits per heavy atom. The molecule has 0 aliphatic rings. The fraction of sp³-hybridized carbons (Fsp3) is 0.214. The minimum Gasteiger partial charge on any atom is -0.465 e. The van der Waals surface area contributed by atoms with Crippen LogP contribution in [0.5, 0.6) is 0 Å². The molecule has 2 rings (SSSR count). The van der Waals surface area contributed by atoms with Crippen LogP contribution in [0.2, 0.25) is 10.0 Å². The smallest absolute Gasteiger partial charge is 0.340 e. The van der Waals surface area contributed by atoms with Gasteiger partial charge in [-0.3, -0.25) is 19.4 Å². The maximum absolute atomic E-state index is 12.5. The highest BCUT2D eigenvalue weighted by atomic mass is 35.5. The molecule has 116 valence electrons. The second-order valence-electron chi connectivity index (χ2n) is 4.37. The fourth-order valence-electron chi connectivity index (χ4n) is 1.93. The minimum atomic E-state index is -0.760. The highest BCUT2D eigenvalue weighted by Gasteiger charge is 2.24. The number of halogens is 2. The van der Waals surface area contributed by atoms with Gasteiger partial charge in [-0.25, -0.2) is 4.79 Å². The number of hydrogen-bond acceptors (Lipinski definition) is 4. The van der Waals surface area contributed by atoms with E-state index in [1.165, 1.54) is 30.1 Å². The number of benzene rings is 1. The molecule has 0 fully saturated rings. The molecular formula is C14H12Cl2N2O4. The van der Waals surface area contributed by atoms with Gasteiger partial charge < -0.3 is 4.74 Å². The molecule has 0 radical (unpaired) electrons. The number of rotatable bonds is 4. The molecule has 0 saturated carbocycles. The number of methoxy groups -OCH3 is 1. The summed E-state index contributed by atoms with van der Waals surface area (Å²) >= 11 is 12.0. The summed E-state index contributed by atoms with van der Waals surface area (Å²) in [7, 11) is 1.18. The summed E-state index contributed by atoms with van der Waals surface area (Å²) in [6, 6.07) is 2.72. The second kappa shape index (κ2) is 6.37. The van der Waals surface area contributed by atoms with E-state index in [1.807, 2.05) is 6.92 Å². The van der Waals surface area contributed by atoms with E-state index in [0.717, 1.165) is 0 Å². The van der Waals surface area contributed by atoms with Gasteiger partial charge in [0.1, 0.15) is 5.56 Å². The number of carbonyl (C=O) groups is 2. The fourth-order valence-corrected chi connectivity index (χ4v) is 2.54. The van der Waals surface area contributed by atoms with Gasteiger partial charge in [0.2, 0.25) is 5.78 Å². The number of H-pyrrole nitrogens is 1. The summed E-state index contributed by atoms with van der Waals surface area (Å²) in [6.07, 6.45) is 1.40. The quantitative estimate of drug-likeness (QED) is 0.683. The first-order valence-electron chi connectivity index (χ1n) is 6.31. The monoisotopic (exact) mass is 342 g/mol. The van der Waals surface area contributed by atoms with Crippen LogP contribution < -0.4 is 5.56 Å². The molecule has 1 aromatic heterocycles. The number of aromatic amines is 1. The Labute approximate surface area is 135 Å². The van der Waals surface area contributed by atoms with E-state index in [-0.39, 0.29) is 26.7 Å². The third-order valence-electron chi connectivity index (χ3n) is 3.09. The maximum Gasteiger partial charge on any atom is 0.340 e. The third-order valence-corrected chi connectivity index (χ3v) is 3.79. The van der Waals surface area contributed by atoms with Crippen molar-refractivity contribution in [3.8, 4) is 0 Å². The summed E-state index contributed by atoms with van der Waals surface area (Å²) in [4.78, 5) is 36.0. The van der Waals surface area contributed by atoms with Gasteiger partial charge in [-0.15, -0.1) is 0 Å². The molecule has 6 nitrogen and oxygen atoms in total. The first kappa shape index (κ1) is 16.3. The van der Waals surface area contributed by atoms with Crippen LogP contribution in [0.25, 0.3) is 0 Å². The van der Waals surface area contributed by atoms with Crippen molar-refractivity contribution in [2.45, 2.75) is 13.5 Å². The predicted octanol–water partition coefficient (Wildman–Crippen LogP) is 2.52. The van der Waals surface area contributed by atoms with E-state index >= 15 is 0 Å². The van der Waals surface area contributed by atoms with Crippen molar-refractivity contribution in [1.29, 1.82) is 0 Å². The van der Waals surface area contributed by atoms with Crippen LogP contribution >= 0.6 is 23.2 Å². The van der Waals surface area contributed by atoms with Crippen molar-refractivity contribution in [2.75, 3.05) is 7.11 Å². The molecule has 0 spiro atoms. The molecule has 0 aliphatic heterocycles. The Kier molecular flexibility index (Phi) is 4.73. The number of hydrogen-bond donors (Lipinski definition) is 1. The van der Waals surface area contributed by atoms with Crippen LogP contribution in [0.3, 0.4) is 0 Å². The number of nitrogens with zero attached hydrogens (tertiary/aromatic N) is 1. The van der Waals surface area contributed by atoms with Crippen LogP contribution in [-0.2, 0) is 11.3 Å². The molecular weight excluding hydrogens is 331 g/mol. The molecule has 0 bridgehead atoms. The molecule has 0 aliphatic carbocycles. The molecule has 0 unspecified atom stereocenters. The standard InChI is InChI=1S/C14H12Cl2N2O4/c1-3-18-6-8(13(20)17-18)12(19)7-4-5-9(15)10(11(7)16)14(21)22-2/h4-6H,3H2,1-2H3,(H,17,20). The molecule has 1 heterocycles. The van der Waals surface area contributed by atoms with Crippen molar-refractivity contribution in [2.24, 2.45) is 0 Å². The predicted molar refractivity (Wildman–Crippen MR) is 82.0 cm³/mol. The number of ketones is 1. The highest BCUT2D eigenvalue weighted by molar-refractivity contribution is 6.41. The molecule has 1 N–H and O–H groups in total. The largest absolute Gasteiger partial charge is 0.465 e. The van der Waals surface area contributed by atoms with Crippen molar-refractivity contribution in [3.63, 3.8) is 0 Å². The van der Waals surface area contributed by atoms with Crippen LogP contribution in [0, 0.1) is 0 Å². The lowest BCUT2D eigenvalue weighted by atomic mass is 10.0. The summed E-state index contributed by atoms with van der Waals surface area (Å²) < 4.78 is 6.07. The molecule has 1 aromatic carbocycles. The van der Waals surface area contributed by atoms with Crippen LogP contribution in [-0.4, -0.2) is 28.6 Å². The topological polar surface area (TPSA) is 81.2 Å². The Bertz CT molecular complexity index is 808. The van der Waals surface area contributed by atoms with Gasteiger partial charge >= 0.3 is 5.97 Å². The van der Waals surface area contributed by atoms with Gasteiger partial charge in [0, 0.05) is 18.3 Å². The number of nitrogens with one attached hydrogen (secondary N) is 1. The molecule has 0 atom stereocenters. The Morgan fingerprint density at radius 2 is 1.95 bits per heavy atom. The highest BCUT2D eigenvalue weighted by Crippen LogP contribution is 2.30. The summed E-state index contributed by atoms with van der Waals surface area (Å²) in [5.74, 6) is -1.36. The van der Waals surface area contributed by atoms with E-state index < -0.39 is 17.3 Å². The zero-order valence-electron chi connectivity index (χ0n) is 11.8. The van der Waals surface area contributed by atoms with Gasteiger partial charge in [-0.05, 0) is 19.1 Å². The average Bonchev–Trinajstić information content (AvgIpc) is 2.87. The molecule has 2 aromatic rings. The van der Waals surface area contributed by atoms with Crippen molar-refractivity contribution < 1.29 is 14.3 Å². The molecule has 8 heteroatoms. The van der Waals surface area contributed by atoms with Gasteiger partial charge in [0.25, 0.3) is 5.56 Å². The van der Waals surface area contributed by atoms with Crippen molar-refractivity contribution >= 4 is 35.0 Å². The lowest BCUT2D eigenvalue weighted by Crippen LogP contribution is -2.15. The van der Waals surface area contributed by atoms with E-state index in [0.29, 0.717) is 6.54 Å². The van der Waals surface area contributed by atoms with Gasteiger partial charge in [0.05, 0.1) is 22.7 Å². The Balaban J connectivity index is 2.57. The second-order valence-corrected chi connectivity index (χ2v) is 5.16. The van der Waals surface area contributed by atoms with E-state index in [2.05, 4.69) is 9.84 Å². The van der Waals surface area contributed by atoms with E-state index in [1.54, 1.807) is 0 Å². The molecule has 22 heavy (non-hydrogen) atoms. The number of aryl methyl sites for hydroxylation is 1. The van der Waals surface area contributed by atoms with Crippen LogP contribution in [0.15, 0.2) is 23.1 Å². The van der Waals surface area contributed by atoms with Crippen molar-refractivity contribution in [3.05, 3.63) is 55.4 Å². The summed E-state index contributed by atoms with van der Waals surface area (Å²) in [5.41, 5.74) is -0.701. The Morgan fingerprint density at radius 3 is 2.50 bits per heavy atom. The summed E-state index contributed by atoms with van der Waals surface area (Å²) in [6.45, 7) is 2.32. The zero-order chi connectivity index (χ0) is 16.4. The molecule has 0 amide bonds. The van der Waals surface area contributed by atoms with Crippen LogP contribution in [0.4, 0.5) is 0 Å². The first-order valence-corrected chi connectivity index (χ1v) is 7.06.